The molecule has 0 radical (unpaired) electrons. The van der Waals surface area contributed by atoms with E-state index in [0.29, 0.717) is 41.9 Å². The molecular weight excluding hydrogens is 543 g/mol. The molecular formula is C30H39FN6O5. The maximum absolute atomic E-state index is 14.3. The van der Waals surface area contributed by atoms with E-state index >= 15 is 0 Å². The number of rotatable bonds is 13. The molecule has 1 aromatic heterocycles. The van der Waals surface area contributed by atoms with Crippen molar-refractivity contribution in [3.05, 3.63) is 52.1 Å². The zero-order chi connectivity index (χ0) is 31.1. The van der Waals surface area contributed by atoms with E-state index in [4.69, 9.17) is 5.73 Å². The number of hydrogen-bond acceptors (Lipinski definition) is 7. The third-order valence-electron chi connectivity index (χ3n) is 7.35. The predicted molar refractivity (Wildman–Crippen MR) is 158 cm³/mol. The Morgan fingerprint density at radius 3 is 2.50 bits per heavy atom. The van der Waals surface area contributed by atoms with Gasteiger partial charge in [-0.2, -0.15) is 0 Å². The standard InChI is InChI=1S/C30H39FN6O5/c1-6-36(7-2)13-12-33-29(41)27-17(3)24(34-19(27)5)15-23-22-14-20(31)8-10-25(22)37(30(23)42)26(39)11-9-21(16-38)35-28(40)18(4)32/h8,10,14-16,18,21,34H,6-7,9,11-13,32H2,1-5H3,(H,33,41)(H,35,40)/b23-15-/t18-,21-/m0/s1. The van der Waals surface area contributed by atoms with Crippen LogP contribution in [-0.2, 0) is 19.2 Å². The maximum atomic E-state index is 14.3. The molecule has 12 heteroatoms. The molecule has 3 rings (SSSR count). The number of hydrogen-bond donors (Lipinski definition) is 4. The van der Waals surface area contributed by atoms with Crippen molar-refractivity contribution in [3.8, 4) is 0 Å². The van der Waals surface area contributed by atoms with Gasteiger partial charge in [0, 0.05) is 36.5 Å². The van der Waals surface area contributed by atoms with Crippen molar-refractivity contribution in [3.63, 3.8) is 0 Å². The van der Waals surface area contributed by atoms with E-state index in [-0.39, 0.29) is 35.6 Å². The Hall–Kier alpha value is -4.16. The quantitative estimate of drug-likeness (QED) is 0.208. The Kier molecular flexibility index (Phi) is 10.9. The van der Waals surface area contributed by atoms with E-state index in [1.807, 2.05) is 0 Å². The van der Waals surface area contributed by atoms with Gasteiger partial charge in [-0.25, -0.2) is 9.29 Å². The van der Waals surface area contributed by atoms with Crippen molar-refractivity contribution in [2.75, 3.05) is 31.1 Å². The first kappa shape index (κ1) is 32.4. The van der Waals surface area contributed by atoms with Gasteiger partial charge >= 0.3 is 0 Å². The summed E-state index contributed by atoms with van der Waals surface area (Å²) in [5, 5.41) is 5.39. The molecule has 42 heavy (non-hydrogen) atoms. The summed E-state index contributed by atoms with van der Waals surface area (Å²) < 4.78 is 14.3. The first-order valence-electron chi connectivity index (χ1n) is 14.0. The van der Waals surface area contributed by atoms with Gasteiger partial charge in [-0.15, -0.1) is 0 Å². The van der Waals surface area contributed by atoms with Crippen molar-refractivity contribution in [1.82, 2.24) is 20.5 Å². The Morgan fingerprint density at radius 2 is 1.88 bits per heavy atom. The SMILES string of the molecule is CCN(CC)CCNC(=O)c1c(C)[nH]c(/C=C2\C(=O)N(C(=O)CC[C@@H](C=O)NC(=O)[C@H](C)N)c3ccc(F)cc32)c1C. The first-order chi connectivity index (χ1) is 19.9. The average Bonchev–Trinajstić information content (AvgIpc) is 3.39. The van der Waals surface area contributed by atoms with Crippen LogP contribution in [0.4, 0.5) is 10.1 Å². The van der Waals surface area contributed by atoms with Gasteiger partial charge in [-0.3, -0.25) is 19.2 Å². The van der Waals surface area contributed by atoms with Crippen molar-refractivity contribution >= 4 is 47.3 Å². The first-order valence-corrected chi connectivity index (χ1v) is 14.0. The van der Waals surface area contributed by atoms with Crippen LogP contribution >= 0.6 is 0 Å². The van der Waals surface area contributed by atoms with Crippen LogP contribution in [0.25, 0.3) is 11.6 Å². The minimum atomic E-state index is -0.964. The minimum Gasteiger partial charge on any atom is -0.358 e. The lowest BCUT2D eigenvalue weighted by molar-refractivity contribution is -0.126. The Bertz CT molecular complexity index is 1390. The highest BCUT2D eigenvalue weighted by atomic mass is 19.1. The third kappa shape index (κ3) is 7.18. The van der Waals surface area contributed by atoms with Crippen molar-refractivity contribution < 1.29 is 28.4 Å². The minimum absolute atomic E-state index is 0.0537. The van der Waals surface area contributed by atoms with Crippen molar-refractivity contribution in [2.24, 2.45) is 5.73 Å². The van der Waals surface area contributed by atoms with Gasteiger partial charge in [0.1, 0.15) is 12.1 Å². The summed E-state index contributed by atoms with van der Waals surface area (Å²) in [6.45, 7) is 12.0. The number of fused-ring (bicyclic) bond motifs is 1. The summed E-state index contributed by atoms with van der Waals surface area (Å²) in [6.07, 6.45) is 1.72. The number of carbonyl (C=O) groups is 5. The molecule has 226 valence electrons. The van der Waals surface area contributed by atoms with Crippen LogP contribution in [0.5, 0.6) is 0 Å². The highest BCUT2D eigenvalue weighted by molar-refractivity contribution is 6.42. The molecule has 5 N–H and O–H groups in total. The Morgan fingerprint density at radius 1 is 1.19 bits per heavy atom. The lowest BCUT2D eigenvalue weighted by Crippen LogP contribution is -2.45. The number of anilines is 1. The zero-order valence-corrected chi connectivity index (χ0v) is 24.7. The molecule has 0 saturated carbocycles. The molecule has 1 aliphatic heterocycles. The van der Waals surface area contributed by atoms with Gasteiger partial charge in [0.05, 0.1) is 28.9 Å². The molecule has 0 fully saturated rings. The van der Waals surface area contributed by atoms with Crippen LogP contribution in [0.15, 0.2) is 18.2 Å². The normalized spacial score (nSPS) is 15.1. The summed E-state index contributed by atoms with van der Waals surface area (Å²) in [5.74, 6) is -2.67. The Balaban J connectivity index is 1.86. The zero-order valence-electron chi connectivity index (χ0n) is 24.7. The lowest BCUT2D eigenvalue weighted by atomic mass is 10.0. The molecule has 2 aromatic rings. The number of imide groups is 1. The summed E-state index contributed by atoms with van der Waals surface area (Å²) in [7, 11) is 0. The van der Waals surface area contributed by atoms with E-state index in [2.05, 4.69) is 34.4 Å². The second kappa shape index (κ2) is 14.1. The lowest BCUT2D eigenvalue weighted by Gasteiger charge is -2.18. The number of likely N-dealkylation sites (N-methyl/N-ethyl adjacent to an activating group) is 1. The third-order valence-corrected chi connectivity index (χ3v) is 7.35. The van der Waals surface area contributed by atoms with Gasteiger partial charge in [0.2, 0.25) is 11.8 Å². The molecule has 0 bridgehead atoms. The highest BCUT2D eigenvalue weighted by Gasteiger charge is 2.37. The number of H-pyrrole nitrogens is 1. The summed E-state index contributed by atoms with van der Waals surface area (Å²) in [4.78, 5) is 69.4. The monoisotopic (exact) mass is 582 g/mol. The molecule has 11 nitrogen and oxygen atoms in total. The van der Waals surface area contributed by atoms with Crippen molar-refractivity contribution in [2.45, 2.75) is 59.5 Å². The molecule has 2 atom stereocenters. The topological polar surface area (TPSA) is 158 Å². The average molecular weight is 583 g/mol. The van der Waals surface area contributed by atoms with Gasteiger partial charge < -0.3 is 31.0 Å². The molecule has 0 spiro atoms. The van der Waals surface area contributed by atoms with E-state index in [0.717, 1.165) is 24.1 Å². The maximum Gasteiger partial charge on any atom is 0.265 e. The number of aryl methyl sites for hydroxylation is 1. The molecule has 1 aromatic carbocycles. The second-order valence-corrected chi connectivity index (χ2v) is 10.3. The van der Waals surface area contributed by atoms with E-state index in [9.17, 15) is 28.4 Å². The number of benzene rings is 1. The summed E-state index contributed by atoms with van der Waals surface area (Å²) in [6, 6.07) is 1.87. The van der Waals surface area contributed by atoms with Gasteiger partial charge in [-0.1, -0.05) is 13.8 Å². The Labute approximate surface area is 244 Å². The number of nitrogens with two attached hydrogens (primary N) is 1. The van der Waals surface area contributed by atoms with Crippen LogP contribution < -0.4 is 21.3 Å². The number of halogens is 1. The summed E-state index contributed by atoms with van der Waals surface area (Å²) in [5.41, 5.74) is 8.17. The number of aromatic amines is 1. The molecule has 0 saturated heterocycles. The largest absolute Gasteiger partial charge is 0.358 e. The van der Waals surface area contributed by atoms with Gasteiger partial charge in [0.25, 0.3) is 11.8 Å². The molecule has 0 aliphatic carbocycles. The number of aromatic nitrogens is 1. The van der Waals surface area contributed by atoms with E-state index in [1.54, 1.807) is 13.8 Å². The second-order valence-electron chi connectivity index (χ2n) is 10.3. The van der Waals surface area contributed by atoms with Crippen LogP contribution in [0.3, 0.4) is 0 Å². The number of carbonyl (C=O) groups excluding carboxylic acids is 5. The fourth-order valence-electron chi connectivity index (χ4n) is 4.89. The van der Waals surface area contributed by atoms with Crippen LogP contribution in [0.2, 0.25) is 0 Å². The molecule has 0 unspecified atom stereocenters. The molecule has 4 amide bonds. The molecule has 2 heterocycles. The number of amides is 4. The van der Waals surface area contributed by atoms with Gasteiger partial charge in [0.15, 0.2) is 0 Å². The number of nitrogens with one attached hydrogen (secondary N) is 3. The smallest absolute Gasteiger partial charge is 0.265 e. The predicted octanol–water partition coefficient (Wildman–Crippen LogP) is 2.07. The van der Waals surface area contributed by atoms with E-state index in [1.165, 1.54) is 25.1 Å². The van der Waals surface area contributed by atoms with Crippen LogP contribution in [-0.4, -0.2) is 78.1 Å². The number of nitrogens with zero attached hydrogens (tertiary/aromatic N) is 2. The highest BCUT2D eigenvalue weighted by Crippen LogP contribution is 2.39. The van der Waals surface area contributed by atoms with Crippen LogP contribution in [0, 0.1) is 19.7 Å². The van der Waals surface area contributed by atoms with Crippen molar-refractivity contribution in [1.29, 1.82) is 0 Å². The van der Waals surface area contributed by atoms with E-state index < -0.39 is 35.6 Å². The summed E-state index contributed by atoms with van der Waals surface area (Å²) >= 11 is 0. The number of aldehydes is 1. The fraction of sp³-hybridized carbons (Fsp3) is 0.433. The fourth-order valence-corrected chi connectivity index (χ4v) is 4.89. The van der Waals surface area contributed by atoms with Crippen LogP contribution in [0.1, 0.15) is 66.5 Å². The van der Waals surface area contributed by atoms with Gasteiger partial charge in [-0.05, 0) is 70.1 Å². The molecule has 1 aliphatic rings.